The summed E-state index contributed by atoms with van der Waals surface area (Å²) in [5.41, 5.74) is 0.131. The molecule has 0 spiro atoms. The minimum absolute atomic E-state index is 0.0656. The van der Waals surface area contributed by atoms with Crippen LogP contribution in [0.25, 0.3) is 0 Å². The number of methoxy groups -OCH3 is 2. The smallest absolute Gasteiger partial charge is 0.361 e. The second kappa shape index (κ2) is 9.57. The van der Waals surface area contributed by atoms with E-state index in [9.17, 15) is 14.2 Å². The highest BCUT2D eigenvalue weighted by Crippen LogP contribution is 2.47. The van der Waals surface area contributed by atoms with Crippen LogP contribution in [0.4, 0.5) is 0 Å². The van der Waals surface area contributed by atoms with E-state index in [2.05, 4.69) is 9.47 Å². The topological polar surface area (TPSA) is 88.1 Å². The van der Waals surface area contributed by atoms with Crippen LogP contribution >= 0.6 is 7.60 Å². The number of benzene rings is 1. The molecule has 0 fully saturated rings. The molecule has 1 rings (SSSR count). The van der Waals surface area contributed by atoms with Gasteiger partial charge in [0.25, 0.3) is 0 Å². The van der Waals surface area contributed by atoms with Crippen LogP contribution in [-0.4, -0.2) is 39.4 Å². The summed E-state index contributed by atoms with van der Waals surface area (Å²) in [6.07, 6.45) is 1.28. The Kier molecular flexibility index (Phi) is 8.11. The highest BCUT2D eigenvalue weighted by atomic mass is 31.2. The predicted molar refractivity (Wildman–Crippen MR) is 88.8 cm³/mol. The lowest BCUT2D eigenvalue weighted by atomic mass is 10.1. The van der Waals surface area contributed by atoms with Crippen molar-refractivity contribution < 1.29 is 32.7 Å². The van der Waals surface area contributed by atoms with Crippen LogP contribution in [0.2, 0.25) is 0 Å². The molecule has 0 bridgehead atoms. The van der Waals surface area contributed by atoms with Gasteiger partial charge in [-0.25, -0.2) is 9.59 Å². The number of carbonyl (C=O) groups is 2. The molecule has 8 heteroatoms. The van der Waals surface area contributed by atoms with Crippen molar-refractivity contribution in [1.82, 2.24) is 0 Å². The predicted octanol–water partition coefficient (Wildman–Crippen LogP) is 2.93. The lowest BCUT2D eigenvalue weighted by Crippen LogP contribution is -2.17. The third-order valence-corrected chi connectivity index (χ3v) is 4.94. The van der Waals surface area contributed by atoms with Crippen LogP contribution in [-0.2, 0) is 23.1 Å². The number of hydrogen-bond acceptors (Lipinski definition) is 7. The average Bonchev–Trinajstić information content (AvgIpc) is 2.62. The number of esters is 2. The molecule has 134 valence electrons. The fourth-order valence-electron chi connectivity index (χ4n) is 1.85. The van der Waals surface area contributed by atoms with Crippen molar-refractivity contribution >= 4 is 24.8 Å². The zero-order chi connectivity index (χ0) is 18.2. The van der Waals surface area contributed by atoms with Gasteiger partial charge in [0, 0.05) is 0 Å². The molecule has 1 aromatic rings. The van der Waals surface area contributed by atoms with Crippen LogP contribution in [0.3, 0.4) is 0 Å². The SMILES string of the molecule is CCCOP(=O)(OCCC)c1cc(C(=O)OC)cc(C(=O)OC)c1. The average molecular weight is 358 g/mol. The van der Waals surface area contributed by atoms with E-state index in [-0.39, 0.29) is 29.6 Å². The number of rotatable bonds is 9. The summed E-state index contributed by atoms with van der Waals surface area (Å²) in [4.78, 5) is 23.7. The molecule has 7 nitrogen and oxygen atoms in total. The summed E-state index contributed by atoms with van der Waals surface area (Å²) in [5, 5.41) is 0.118. The first-order valence-corrected chi connectivity index (χ1v) is 9.17. The molecule has 1 aromatic carbocycles. The van der Waals surface area contributed by atoms with E-state index in [0.717, 1.165) is 0 Å². The molecule has 0 aliphatic carbocycles. The highest BCUT2D eigenvalue weighted by molar-refractivity contribution is 7.62. The molecular formula is C16H23O7P. The van der Waals surface area contributed by atoms with Gasteiger partial charge in [0.05, 0.1) is 43.9 Å². The van der Waals surface area contributed by atoms with Crippen LogP contribution in [0, 0.1) is 0 Å². The third-order valence-electron chi connectivity index (χ3n) is 3.01. The molecule has 0 aliphatic rings. The standard InChI is InChI=1S/C16H23O7P/c1-5-7-22-24(19,23-8-6-2)14-10-12(15(17)20-3)9-13(11-14)16(18)21-4/h9-11H,5-8H2,1-4H3. The minimum Gasteiger partial charge on any atom is -0.465 e. The number of carbonyl (C=O) groups excluding carboxylic acids is 2. The molecule has 0 amide bonds. The van der Waals surface area contributed by atoms with Gasteiger partial charge in [0.2, 0.25) is 0 Å². The second-order valence-electron chi connectivity index (χ2n) is 4.92. The van der Waals surface area contributed by atoms with Crippen molar-refractivity contribution in [3.8, 4) is 0 Å². The molecular weight excluding hydrogens is 335 g/mol. The van der Waals surface area contributed by atoms with Crippen LogP contribution < -0.4 is 5.30 Å². The van der Waals surface area contributed by atoms with Gasteiger partial charge in [0.15, 0.2) is 0 Å². The maximum atomic E-state index is 13.1. The second-order valence-corrected chi connectivity index (χ2v) is 6.94. The van der Waals surface area contributed by atoms with Crippen molar-refractivity contribution in [2.24, 2.45) is 0 Å². The Labute approximate surface area is 141 Å². The molecule has 0 radical (unpaired) electrons. The largest absolute Gasteiger partial charge is 0.465 e. The molecule has 0 atom stereocenters. The van der Waals surface area contributed by atoms with Gasteiger partial charge in [0.1, 0.15) is 0 Å². The van der Waals surface area contributed by atoms with E-state index < -0.39 is 19.5 Å². The minimum atomic E-state index is -3.67. The van der Waals surface area contributed by atoms with E-state index in [1.807, 2.05) is 13.8 Å². The molecule has 0 unspecified atom stereocenters. The normalized spacial score (nSPS) is 11.2. The Hall–Kier alpha value is -1.69. The van der Waals surface area contributed by atoms with Gasteiger partial charge >= 0.3 is 19.5 Å². The first kappa shape index (κ1) is 20.4. The van der Waals surface area contributed by atoms with Gasteiger partial charge in [-0.2, -0.15) is 0 Å². The number of hydrogen-bond donors (Lipinski definition) is 0. The quantitative estimate of drug-likeness (QED) is 0.495. The molecule has 0 heterocycles. The highest BCUT2D eigenvalue weighted by Gasteiger charge is 2.30. The van der Waals surface area contributed by atoms with Crippen molar-refractivity contribution in [2.45, 2.75) is 26.7 Å². The van der Waals surface area contributed by atoms with E-state index in [1.54, 1.807) is 0 Å². The van der Waals surface area contributed by atoms with Gasteiger partial charge in [-0.1, -0.05) is 13.8 Å². The molecule has 0 saturated carbocycles. The molecule has 0 saturated heterocycles. The van der Waals surface area contributed by atoms with Gasteiger partial charge in [-0.15, -0.1) is 0 Å². The Morgan fingerprint density at radius 3 is 1.62 bits per heavy atom. The zero-order valence-electron chi connectivity index (χ0n) is 14.4. The van der Waals surface area contributed by atoms with E-state index in [0.29, 0.717) is 12.8 Å². The summed E-state index contributed by atoms with van der Waals surface area (Å²) in [6, 6.07) is 4.01. The fourth-order valence-corrected chi connectivity index (χ4v) is 3.66. The fraction of sp³-hybridized carbons (Fsp3) is 0.500. The lowest BCUT2D eigenvalue weighted by molar-refractivity contribution is 0.0599. The monoisotopic (exact) mass is 358 g/mol. The summed E-state index contributed by atoms with van der Waals surface area (Å²) < 4.78 is 33.3. The van der Waals surface area contributed by atoms with Crippen molar-refractivity contribution in [1.29, 1.82) is 0 Å². The summed E-state index contributed by atoms with van der Waals surface area (Å²) >= 11 is 0. The number of ether oxygens (including phenoxy) is 2. The van der Waals surface area contributed by atoms with E-state index in [1.165, 1.54) is 32.4 Å². The van der Waals surface area contributed by atoms with Crippen molar-refractivity contribution in [3.63, 3.8) is 0 Å². The van der Waals surface area contributed by atoms with Gasteiger partial charge in [-0.05, 0) is 31.0 Å². The molecule has 0 aromatic heterocycles. The zero-order valence-corrected chi connectivity index (χ0v) is 15.3. The summed E-state index contributed by atoms with van der Waals surface area (Å²) in [6.45, 7) is 4.18. The molecule has 0 aliphatic heterocycles. The van der Waals surface area contributed by atoms with Crippen molar-refractivity contribution in [2.75, 3.05) is 27.4 Å². The van der Waals surface area contributed by atoms with E-state index in [4.69, 9.17) is 9.05 Å². The van der Waals surface area contributed by atoms with Crippen LogP contribution in [0.5, 0.6) is 0 Å². The first-order valence-electron chi connectivity index (χ1n) is 7.63. The Balaban J connectivity index is 3.41. The third kappa shape index (κ3) is 5.16. The lowest BCUT2D eigenvalue weighted by Gasteiger charge is -2.19. The molecule has 24 heavy (non-hydrogen) atoms. The van der Waals surface area contributed by atoms with Gasteiger partial charge in [-0.3, -0.25) is 4.57 Å². The van der Waals surface area contributed by atoms with Gasteiger partial charge < -0.3 is 18.5 Å². The Bertz CT molecular complexity index is 581. The Morgan fingerprint density at radius 2 is 1.29 bits per heavy atom. The van der Waals surface area contributed by atoms with Crippen molar-refractivity contribution in [3.05, 3.63) is 29.3 Å². The van der Waals surface area contributed by atoms with Crippen LogP contribution in [0.15, 0.2) is 18.2 Å². The first-order chi connectivity index (χ1) is 11.4. The Morgan fingerprint density at radius 1 is 0.875 bits per heavy atom. The summed E-state index contributed by atoms with van der Waals surface area (Å²) in [7, 11) is -1.24. The summed E-state index contributed by atoms with van der Waals surface area (Å²) in [5.74, 6) is -1.33. The molecule has 0 N–H and O–H groups in total. The maximum Gasteiger partial charge on any atom is 0.361 e. The van der Waals surface area contributed by atoms with Crippen LogP contribution in [0.1, 0.15) is 47.4 Å². The maximum absolute atomic E-state index is 13.1. The van der Waals surface area contributed by atoms with E-state index >= 15 is 0 Å².